The highest BCUT2D eigenvalue weighted by Crippen LogP contribution is 2.40. The summed E-state index contributed by atoms with van der Waals surface area (Å²) >= 11 is 0. The van der Waals surface area contributed by atoms with E-state index >= 15 is 0 Å². The van der Waals surface area contributed by atoms with E-state index in [0.717, 1.165) is 17.7 Å². The lowest BCUT2D eigenvalue weighted by atomic mass is 9.71. The van der Waals surface area contributed by atoms with E-state index in [0.29, 0.717) is 17.4 Å². The minimum absolute atomic E-state index is 0.217. The van der Waals surface area contributed by atoms with Gasteiger partial charge in [0.25, 0.3) is 0 Å². The molecule has 1 aliphatic rings. The Hall–Kier alpha value is -0.670. The Balaban J connectivity index is 2.23. The standard InChI is InChI=1S/C18H29NOS/c1-13-7-6-8-15(11-13)21(20)17-12-14(18(2,3)4)9-10-16(17)19-5/h6-8,11,14,16-17,19H,9-10,12H2,1-5H3. The molecule has 2 nitrogen and oxygen atoms in total. The van der Waals surface area contributed by atoms with E-state index in [1.54, 1.807) is 0 Å². The van der Waals surface area contributed by atoms with Gasteiger partial charge in [-0.1, -0.05) is 32.9 Å². The Morgan fingerprint density at radius 2 is 1.95 bits per heavy atom. The van der Waals surface area contributed by atoms with Gasteiger partial charge < -0.3 is 5.32 Å². The van der Waals surface area contributed by atoms with Gasteiger partial charge in [0.2, 0.25) is 0 Å². The molecule has 1 aliphatic carbocycles. The van der Waals surface area contributed by atoms with E-state index in [-0.39, 0.29) is 5.25 Å². The highest BCUT2D eigenvalue weighted by Gasteiger charge is 2.38. The molecule has 2 rings (SSSR count). The van der Waals surface area contributed by atoms with Crippen molar-refractivity contribution in [3.05, 3.63) is 29.8 Å². The molecule has 0 aliphatic heterocycles. The summed E-state index contributed by atoms with van der Waals surface area (Å²) in [6.07, 6.45) is 3.41. The van der Waals surface area contributed by atoms with Gasteiger partial charge >= 0.3 is 0 Å². The monoisotopic (exact) mass is 307 g/mol. The summed E-state index contributed by atoms with van der Waals surface area (Å²) in [5, 5.41) is 3.62. The van der Waals surface area contributed by atoms with Crippen molar-refractivity contribution >= 4 is 10.8 Å². The first-order valence-corrected chi connectivity index (χ1v) is 9.18. The number of benzene rings is 1. The summed E-state index contributed by atoms with van der Waals surface area (Å²) in [7, 11) is 1.07. The molecule has 0 spiro atoms. The predicted molar refractivity (Wildman–Crippen MR) is 91.0 cm³/mol. The van der Waals surface area contributed by atoms with Gasteiger partial charge in [0.15, 0.2) is 0 Å². The normalized spacial score (nSPS) is 28.3. The number of hydrogen-bond donors (Lipinski definition) is 1. The van der Waals surface area contributed by atoms with Crippen LogP contribution in [0.2, 0.25) is 0 Å². The van der Waals surface area contributed by atoms with Crippen LogP contribution in [0.15, 0.2) is 29.2 Å². The van der Waals surface area contributed by atoms with Crippen LogP contribution < -0.4 is 5.32 Å². The van der Waals surface area contributed by atoms with Crippen LogP contribution in [0.5, 0.6) is 0 Å². The SMILES string of the molecule is CNC1CCC(C(C)(C)C)CC1S(=O)c1cccc(C)c1. The average molecular weight is 308 g/mol. The quantitative estimate of drug-likeness (QED) is 0.917. The molecule has 1 aromatic rings. The lowest BCUT2D eigenvalue weighted by Crippen LogP contribution is -2.46. The molecule has 0 aromatic heterocycles. The minimum Gasteiger partial charge on any atom is -0.316 e. The lowest BCUT2D eigenvalue weighted by molar-refractivity contribution is 0.166. The van der Waals surface area contributed by atoms with E-state index in [1.807, 2.05) is 19.2 Å². The molecule has 0 bridgehead atoms. The molecule has 1 N–H and O–H groups in total. The third-order valence-electron chi connectivity index (χ3n) is 4.88. The molecule has 3 heteroatoms. The summed E-state index contributed by atoms with van der Waals surface area (Å²) in [6, 6.07) is 8.53. The summed E-state index contributed by atoms with van der Waals surface area (Å²) in [4.78, 5) is 0.981. The van der Waals surface area contributed by atoms with E-state index < -0.39 is 10.8 Å². The van der Waals surface area contributed by atoms with Gasteiger partial charge in [-0.3, -0.25) is 4.21 Å². The molecule has 1 saturated carbocycles. The molecule has 1 aromatic carbocycles. The first-order valence-electron chi connectivity index (χ1n) is 7.97. The smallest absolute Gasteiger partial charge is 0.0576 e. The Morgan fingerprint density at radius 3 is 2.52 bits per heavy atom. The van der Waals surface area contributed by atoms with Crippen LogP contribution in [0.3, 0.4) is 0 Å². The lowest BCUT2D eigenvalue weighted by Gasteiger charge is -2.41. The van der Waals surface area contributed by atoms with Gasteiger partial charge in [0.05, 0.1) is 16.0 Å². The highest BCUT2D eigenvalue weighted by molar-refractivity contribution is 7.85. The van der Waals surface area contributed by atoms with E-state index in [9.17, 15) is 4.21 Å². The Kier molecular flexibility index (Phi) is 5.26. The number of aryl methyl sites for hydroxylation is 1. The predicted octanol–water partition coefficient (Wildman–Crippen LogP) is 3.91. The molecular weight excluding hydrogens is 278 g/mol. The molecule has 4 atom stereocenters. The maximum absolute atomic E-state index is 13.1. The van der Waals surface area contributed by atoms with Crippen LogP contribution >= 0.6 is 0 Å². The largest absolute Gasteiger partial charge is 0.316 e. The number of nitrogens with one attached hydrogen (secondary N) is 1. The van der Waals surface area contributed by atoms with Gasteiger partial charge in [-0.05, 0) is 62.3 Å². The zero-order chi connectivity index (χ0) is 15.6. The van der Waals surface area contributed by atoms with E-state index in [1.165, 1.54) is 12.0 Å². The van der Waals surface area contributed by atoms with E-state index in [2.05, 4.69) is 45.1 Å². The van der Waals surface area contributed by atoms with Crippen molar-refractivity contribution in [2.75, 3.05) is 7.05 Å². The summed E-state index contributed by atoms with van der Waals surface area (Å²) in [5.41, 5.74) is 1.48. The fourth-order valence-corrected chi connectivity index (χ4v) is 5.24. The number of hydrogen-bond acceptors (Lipinski definition) is 2. The molecule has 1 fully saturated rings. The third-order valence-corrected chi connectivity index (χ3v) is 6.67. The average Bonchev–Trinajstić information content (AvgIpc) is 2.44. The first kappa shape index (κ1) is 16.7. The van der Waals surface area contributed by atoms with Gasteiger partial charge in [0, 0.05) is 10.9 Å². The second kappa shape index (κ2) is 6.62. The Morgan fingerprint density at radius 1 is 1.24 bits per heavy atom. The molecule has 0 amide bonds. The van der Waals surface area contributed by atoms with Gasteiger partial charge in [-0.15, -0.1) is 0 Å². The van der Waals surface area contributed by atoms with Crippen LogP contribution in [0.25, 0.3) is 0 Å². The van der Waals surface area contributed by atoms with Crippen LogP contribution in [-0.4, -0.2) is 22.5 Å². The maximum Gasteiger partial charge on any atom is 0.0576 e. The zero-order valence-corrected chi connectivity index (χ0v) is 14.8. The first-order chi connectivity index (χ1) is 9.82. The van der Waals surface area contributed by atoms with Crippen LogP contribution in [-0.2, 0) is 10.8 Å². The summed E-state index contributed by atoms with van der Waals surface area (Å²) in [6.45, 7) is 8.99. The summed E-state index contributed by atoms with van der Waals surface area (Å²) in [5.74, 6) is 0.654. The molecule has 0 saturated heterocycles. The second-order valence-electron chi connectivity index (χ2n) is 7.42. The second-order valence-corrected chi connectivity index (χ2v) is 9.10. The van der Waals surface area contributed by atoms with Crippen molar-refractivity contribution in [3.8, 4) is 0 Å². The fraction of sp³-hybridized carbons (Fsp3) is 0.667. The van der Waals surface area contributed by atoms with Gasteiger partial charge in [-0.2, -0.15) is 0 Å². The zero-order valence-electron chi connectivity index (χ0n) is 14.0. The highest BCUT2D eigenvalue weighted by atomic mass is 32.2. The van der Waals surface area contributed by atoms with Crippen LogP contribution in [0.1, 0.15) is 45.6 Å². The molecule has 0 radical (unpaired) electrons. The van der Waals surface area contributed by atoms with Crippen molar-refractivity contribution in [2.24, 2.45) is 11.3 Å². The third kappa shape index (κ3) is 3.95. The van der Waals surface area contributed by atoms with Crippen molar-refractivity contribution < 1.29 is 4.21 Å². The molecule has 21 heavy (non-hydrogen) atoms. The maximum atomic E-state index is 13.1. The number of rotatable bonds is 3. The fourth-order valence-electron chi connectivity index (χ4n) is 3.40. The minimum atomic E-state index is -0.928. The van der Waals surface area contributed by atoms with Gasteiger partial charge in [0.1, 0.15) is 0 Å². The van der Waals surface area contributed by atoms with Crippen LogP contribution in [0, 0.1) is 18.3 Å². The van der Waals surface area contributed by atoms with E-state index in [4.69, 9.17) is 0 Å². The van der Waals surface area contributed by atoms with Crippen molar-refractivity contribution in [1.29, 1.82) is 0 Å². The topological polar surface area (TPSA) is 29.1 Å². The van der Waals surface area contributed by atoms with Crippen molar-refractivity contribution in [1.82, 2.24) is 5.32 Å². The molecule has 118 valence electrons. The van der Waals surface area contributed by atoms with Crippen molar-refractivity contribution in [3.63, 3.8) is 0 Å². The molecular formula is C18H29NOS. The molecule has 4 unspecified atom stereocenters. The van der Waals surface area contributed by atoms with Crippen LogP contribution in [0.4, 0.5) is 0 Å². The Labute approximate surface area is 132 Å². The summed E-state index contributed by atoms with van der Waals surface area (Å²) < 4.78 is 13.1. The molecule has 0 heterocycles. The van der Waals surface area contributed by atoms with Gasteiger partial charge in [-0.25, -0.2) is 0 Å². The Bertz CT molecular complexity index is 506. The van der Waals surface area contributed by atoms with Crippen molar-refractivity contribution in [2.45, 2.75) is 63.1 Å².